The zero-order chi connectivity index (χ0) is 21.3. The predicted molar refractivity (Wildman–Crippen MR) is 114 cm³/mol. The smallest absolute Gasteiger partial charge is 0.253 e. The molecule has 1 aliphatic rings. The van der Waals surface area contributed by atoms with Crippen molar-refractivity contribution in [3.05, 3.63) is 88.6 Å². The summed E-state index contributed by atoms with van der Waals surface area (Å²) in [5, 5.41) is 1.71. The molecule has 1 unspecified atom stereocenters. The Kier molecular flexibility index (Phi) is 5.73. The van der Waals surface area contributed by atoms with Crippen molar-refractivity contribution in [1.82, 2.24) is 9.21 Å². The van der Waals surface area contributed by atoms with Crippen molar-refractivity contribution in [1.29, 1.82) is 0 Å². The van der Waals surface area contributed by atoms with Gasteiger partial charge in [-0.3, -0.25) is 4.79 Å². The van der Waals surface area contributed by atoms with Crippen LogP contribution < -0.4 is 0 Å². The molecule has 1 atom stereocenters. The first-order valence-corrected chi connectivity index (χ1v) is 11.8. The molecule has 30 heavy (non-hydrogen) atoms. The topological polar surface area (TPSA) is 57.7 Å². The van der Waals surface area contributed by atoms with Crippen LogP contribution in [0.2, 0.25) is 0 Å². The van der Waals surface area contributed by atoms with E-state index in [4.69, 9.17) is 0 Å². The minimum Gasteiger partial charge on any atom is -0.340 e. The zero-order valence-electron chi connectivity index (χ0n) is 16.4. The molecule has 1 aliphatic heterocycles. The van der Waals surface area contributed by atoms with Crippen molar-refractivity contribution in [2.24, 2.45) is 0 Å². The number of hydrogen-bond acceptors (Lipinski definition) is 4. The maximum absolute atomic E-state index is 13.5. The average molecular weight is 445 g/mol. The second-order valence-electron chi connectivity index (χ2n) is 7.30. The molecule has 2 aromatic carbocycles. The summed E-state index contributed by atoms with van der Waals surface area (Å²) in [7, 11) is -2.21. The zero-order valence-corrected chi connectivity index (χ0v) is 18.0. The molecule has 0 fully saturated rings. The molecule has 0 radical (unpaired) electrons. The van der Waals surface area contributed by atoms with E-state index in [1.165, 1.54) is 21.3 Å². The van der Waals surface area contributed by atoms with Gasteiger partial charge in [-0.15, -0.1) is 11.3 Å². The van der Waals surface area contributed by atoms with E-state index in [-0.39, 0.29) is 29.0 Å². The Morgan fingerprint density at radius 1 is 1.13 bits per heavy atom. The lowest BCUT2D eigenvalue weighted by Crippen LogP contribution is -2.52. The van der Waals surface area contributed by atoms with Crippen molar-refractivity contribution in [2.75, 3.05) is 7.05 Å². The summed E-state index contributed by atoms with van der Waals surface area (Å²) in [5.74, 6) is -0.685. The Hall–Kier alpha value is -2.55. The van der Waals surface area contributed by atoms with Crippen LogP contribution in [0.3, 0.4) is 0 Å². The monoisotopic (exact) mass is 444 g/mol. The number of benzene rings is 2. The van der Waals surface area contributed by atoms with E-state index < -0.39 is 16.1 Å². The summed E-state index contributed by atoms with van der Waals surface area (Å²) in [4.78, 5) is 14.8. The molecule has 4 rings (SSSR count). The third-order valence-electron chi connectivity index (χ3n) is 5.23. The van der Waals surface area contributed by atoms with Gasteiger partial charge in [0.1, 0.15) is 16.1 Å². The van der Waals surface area contributed by atoms with Crippen LogP contribution in [0.1, 0.15) is 16.7 Å². The lowest BCUT2D eigenvalue weighted by Gasteiger charge is -2.36. The highest BCUT2D eigenvalue weighted by Crippen LogP contribution is 2.31. The molecule has 0 spiro atoms. The molecule has 0 saturated heterocycles. The van der Waals surface area contributed by atoms with Gasteiger partial charge < -0.3 is 4.90 Å². The van der Waals surface area contributed by atoms with E-state index in [0.717, 1.165) is 22.5 Å². The first-order chi connectivity index (χ1) is 14.4. The third-order valence-corrected chi connectivity index (χ3v) is 8.46. The molecule has 2 heterocycles. The number of carbonyl (C=O) groups is 1. The molecule has 0 saturated carbocycles. The number of amides is 1. The van der Waals surface area contributed by atoms with Crippen molar-refractivity contribution in [2.45, 2.75) is 29.8 Å². The van der Waals surface area contributed by atoms with Gasteiger partial charge in [0.2, 0.25) is 5.91 Å². The van der Waals surface area contributed by atoms with E-state index in [2.05, 4.69) is 0 Å². The Morgan fingerprint density at radius 3 is 2.60 bits per heavy atom. The van der Waals surface area contributed by atoms with Crippen LogP contribution >= 0.6 is 11.3 Å². The van der Waals surface area contributed by atoms with Gasteiger partial charge >= 0.3 is 0 Å². The highest BCUT2D eigenvalue weighted by molar-refractivity contribution is 7.91. The van der Waals surface area contributed by atoms with Crippen LogP contribution in [-0.4, -0.2) is 36.6 Å². The fourth-order valence-corrected chi connectivity index (χ4v) is 6.41. The third kappa shape index (κ3) is 4.03. The van der Waals surface area contributed by atoms with Gasteiger partial charge in [0.05, 0.1) is 0 Å². The Balaban J connectivity index is 1.66. The van der Waals surface area contributed by atoms with E-state index in [9.17, 15) is 17.6 Å². The molecule has 8 heteroatoms. The number of thiophene rings is 1. The average Bonchev–Trinajstić information content (AvgIpc) is 3.28. The molecule has 0 N–H and O–H groups in total. The Bertz CT molecular complexity index is 1160. The number of halogens is 1. The second-order valence-corrected chi connectivity index (χ2v) is 10.4. The van der Waals surface area contributed by atoms with Gasteiger partial charge in [0, 0.05) is 20.1 Å². The normalized spacial score (nSPS) is 16.8. The van der Waals surface area contributed by atoms with Crippen LogP contribution in [0.25, 0.3) is 0 Å². The number of sulfonamides is 1. The van der Waals surface area contributed by atoms with E-state index in [0.29, 0.717) is 12.0 Å². The summed E-state index contributed by atoms with van der Waals surface area (Å²) in [6, 6.07) is 16.0. The van der Waals surface area contributed by atoms with E-state index in [1.807, 2.05) is 24.3 Å². The summed E-state index contributed by atoms with van der Waals surface area (Å²) < 4.78 is 41.7. The first kappa shape index (κ1) is 20.7. The van der Waals surface area contributed by atoms with Gasteiger partial charge in [-0.05, 0) is 46.7 Å². The number of carbonyl (C=O) groups excluding carboxylic acids is 1. The molecule has 1 aromatic heterocycles. The number of fused-ring (bicyclic) bond motifs is 1. The molecule has 156 valence electrons. The maximum Gasteiger partial charge on any atom is 0.253 e. The summed E-state index contributed by atoms with van der Waals surface area (Å²) in [5.41, 5.74) is 2.51. The van der Waals surface area contributed by atoms with Gasteiger partial charge in [0.25, 0.3) is 10.0 Å². The molecule has 5 nitrogen and oxygen atoms in total. The van der Waals surface area contributed by atoms with E-state index >= 15 is 0 Å². The Morgan fingerprint density at radius 2 is 1.90 bits per heavy atom. The largest absolute Gasteiger partial charge is 0.340 e. The first-order valence-electron chi connectivity index (χ1n) is 9.48. The molecule has 3 aromatic rings. The lowest BCUT2D eigenvalue weighted by molar-refractivity contribution is -0.135. The lowest BCUT2D eigenvalue weighted by atomic mass is 9.95. The molecule has 1 amide bonds. The van der Waals surface area contributed by atoms with Crippen LogP contribution in [0, 0.1) is 5.82 Å². The highest BCUT2D eigenvalue weighted by atomic mass is 32.2. The summed E-state index contributed by atoms with van der Waals surface area (Å²) in [6.45, 7) is 0.336. The van der Waals surface area contributed by atoms with Crippen molar-refractivity contribution < 1.29 is 17.6 Å². The van der Waals surface area contributed by atoms with Gasteiger partial charge in [-0.25, -0.2) is 12.8 Å². The molecule has 0 bridgehead atoms. The minimum atomic E-state index is -3.82. The quantitative estimate of drug-likeness (QED) is 0.604. The van der Waals surface area contributed by atoms with Crippen molar-refractivity contribution in [3.63, 3.8) is 0 Å². The summed E-state index contributed by atoms with van der Waals surface area (Å²) in [6.07, 6.45) is 0.299. The standard InChI is InChI=1S/C22H21FN2O3S2/c1-24(14-16-6-4-9-19(23)12-16)22(26)20-13-17-7-2-3-8-18(17)15-25(20)30(27,28)21-10-5-11-29-21/h2-12,20H,13-15H2,1H3. The van der Waals surface area contributed by atoms with Crippen LogP contribution in [0.5, 0.6) is 0 Å². The predicted octanol–water partition coefficient (Wildman–Crippen LogP) is 3.66. The molecular formula is C22H21FN2O3S2. The fourth-order valence-electron chi connectivity index (χ4n) is 3.73. The van der Waals surface area contributed by atoms with Crippen molar-refractivity contribution >= 4 is 27.3 Å². The van der Waals surface area contributed by atoms with Gasteiger partial charge in [-0.2, -0.15) is 4.31 Å². The maximum atomic E-state index is 13.5. The van der Waals surface area contributed by atoms with Gasteiger partial charge in [0.15, 0.2) is 0 Å². The minimum absolute atomic E-state index is 0.140. The van der Waals surface area contributed by atoms with Crippen LogP contribution in [-0.2, 0) is 34.3 Å². The Labute approximate surface area is 179 Å². The molecular weight excluding hydrogens is 423 g/mol. The van der Waals surface area contributed by atoms with Crippen LogP contribution in [0.4, 0.5) is 4.39 Å². The summed E-state index contributed by atoms with van der Waals surface area (Å²) >= 11 is 1.13. The number of likely N-dealkylation sites (N-methyl/N-ethyl adjacent to an activating group) is 1. The number of hydrogen-bond donors (Lipinski definition) is 0. The SMILES string of the molecule is CN(Cc1cccc(F)c1)C(=O)C1Cc2ccccc2CN1S(=O)(=O)c1cccs1. The number of nitrogens with zero attached hydrogens (tertiary/aromatic N) is 2. The van der Waals surface area contributed by atoms with Gasteiger partial charge in [-0.1, -0.05) is 42.5 Å². The second kappa shape index (κ2) is 8.29. The van der Waals surface area contributed by atoms with E-state index in [1.54, 1.807) is 36.7 Å². The molecule has 0 aliphatic carbocycles. The number of rotatable bonds is 5. The highest BCUT2D eigenvalue weighted by Gasteiger charge is 2.41. The van der Waals surface area contributed by atoms with Crippen molar-refractivity contribution in [3.8, 4) is 0 Å². The fraction of sp³-hybridized carbons (Fsp3) is 0.227. The van der Waals surface area contributed by atoms with Crippen LogP contribution in [0.15, 0.2) is 70.3 Å².